The Hall–Kier alpha value is -2.95. The van der Waals surface area contributed by atoms with Crippen LogP contribution in [0, 0.1) is 0 Å². The minimum absolute atomic E-state index is 0.159. The highest BCUT2D eigenvalue weighted by atomic mass is 16.5. The van der Waals surface area contributed by atoms with E-state index in [1.807, 2.05) is 19.2 Å². The molecular weight excluding hydrogens is 360 g/mol. The van der Waals surface area contributed by atoms with E-state index in [2.05, 4.69) is 82.9 Å². The third kappa shape index (κ3) is 4.56. The number of hydrogen-bond acceptors (Lipinski definition) is 3. The Morgan fingerprint density at radius 3 is 2.55 bits per heavy atom. The minimum Gasteiger partial charge on any atom is -0.487 e. The summed E-state index contributed by atoms with van der Waals surface area (Å²) >= 11 is 0. The van der Waals surface area contributed by atoms with E-state index in [0.717, 1.165) is 37.8 Å². The third-order valence-corrected chi connectivity index (χ3v) is 5.49. The van der Waals surface area contributed by atoms with E-state index in [-0.39, 0.29) is 11.6 Å². The molecule has 5 heteroatoms. The minimum atomic E-state index is -0.217. The molecule has 2 aliphatic rings. The van der Waals surface area contributed by atoms with Crippen LogP contribution in [0.15, 0.2) is 65.7 Å². The summed E-state index contributed by atoms with van der Waals surface area (Å²) in [6.45, 7) is 6.98. The van der Waals surface area contributed by atoms with Crippen molar-refractivity contribution in [2.75, 3.05) is 25.0 Å². The molecule has 0 aliphatic carbocycles. The maximum atomic E-state index is 6.14. The van der Waals surface area contributed by atoms with Crippen LogP contribution in [0.1, 0.15) is 37.4 Å². The fourth-order valence-electron chi connectivity index (χ4n) is 3.99. The molecule has 2 heterocycles. The Morgan fingerprint density at radius 1 is 1.10 bits per heavy atom. The Bertz CT molecular complexity index is 893. The van der Waals surface area contributed by atoms with E-state index in [1.165, 1.54) is 16.8 Å². The molecule has 2 aliphatic heterocycles. The molecule has 0 fully saturated rings. The zero-order valence-electron chi connectivity index (χ0n) is 17.5. The van der Waals surface area contributed by atoms with Gasteiger partial charge in [0, 0.05) is 44.4 Å². The second-order valence-corrected chi connectivity index (χ2v) is 8.27. The van der Waals surface area contributed by atoms with Crippen molar-refractivity contribution in [2.45, 2.75) is 38.5 Å². The van der Waals surface area contributed by atoms with Crippen LogP contribution in [-0.2, 0) is 6.54 Å². The van der Waals surface area contributed by atoms with Gasteiger partial charge in [0.15, 0.2) is 5.96 Å². The average molecular weight is 391 g/mol. The van der Waals surface area contributed by atoms with Gasteiger partial charge in [0.2, 0.25) is 0 Å². The fraction of sp³-hybridized carbons (Fsp3) is 0.375. The van der Waals surface area contributed by atoms with E-state index in [4.69, 9.17) is 4.74 Å². The first-order valence-electron chi connectivity index (χ1n) is 10.3. The number of rotatable bonds is 4. The molecule has 0 radical (unpaired) electrons. The summed E-state index contributed by atoms with van der Waals surface area (Å²) in [5.41, 5.74) is 3.46. The summed E-state index contributed by atoms with van der Waals surface area (Å²) in [6.07, 6.45) is 5.30. The van der Waals surface area contributed by atoms with Crippen LogP contribution in [0.2, 0.25) is 0 Å². The number of para-hydroxylation sites is 1. The molecule has 0 spiro atoms. The number of nitrogens with one attached hydrogen (secondary N) is 2. The monoisotopic (exact) mass is 390 g/mol. The zero-order chi connectivity index (χ0) is 20.3. The van der Waals surface area contributed by atoms with Crippen LogP contribution in [0.25, 0.3) is 0 Å². The first kappa shape index (κ1) is 19.4. The maximum absolute atomic E-state index is 6.14. The third-order valence-electron chi connectivity index (χ3n) is 5.49. The van der Waals surface area contributed by atoms with E-state index in [1.54, 1.807) is 0 Å². The van der Waals surface area contributed by atoms with Gasteiger partial charge in [-0.25, -0.2) is 0 Å². The fourth-order valence-corrected chi connectivity index (χ4v) is 3.99. The maximum Gasteiger partial charge on any atom is 0.191 e. The van der Waals surface area contributed by atoms with Crippen molar-refractivity contribution in [1.82, 2.24) is 10.6 Å². The highest BCUT2D eigenvalue weighted by Crippen LogP contribution is 2.39. The molecular formula is C24H30N4O. The lowest BCUT2D eigenvalue weighted by molar-refractivity contribution is 0.0694. The van der Waals surface area contributed by atoms with Crippen molar-refractivity contribution in [3.05, 3.63) is 71.8 Å². The number of benzene rings is 2. The largest absolute Gasteiger partial charge is 0.487 e. The van der Waals surface area contributed by atoms with Gasteiger partial charge in [-0.1, -0.05) is 42.5 Å². The van der Waals surface area contributed by atoms with Gasteiger partial charge in [-0.3, -0.25) is 4.99 Å². The molecule has 2 N–H and O–H groups in total. The van der Waals surface area contributed by atoms with Crippen molar-refractivity contribution in [3.63, 3.8) is 0 Å². The van der Waals surface area contributed by atoms with Gasteiger partial charge in [0.05, 0.1) is 6.04 Å². The van der Waals surface area contributed by atoms with Crippen molar-refractivity contribution in [2.24, 2.45) is 4.99 Å². The second kappa shape index (κ2) is 8.19. The van der Waals surface area contributed by atoms with Crippen LogP contribution in [0.5, 0.6) is 5.75 Å². The number of ether oxygens (including phenoxy) is 1. The lowest BCUT2D eigenvalue weighted by atomic mass is 9.90. The summed E-state index contributed by atoms with van der Waals surface area (Å²) in [7, 11) is 1.81. The van der Waals surface area contributed by atoms with Gasteiger partial charge in [-0.15, -0.1) is 0 Å². The van der Waals surface area contributed by atoms with Gasteiger partial charge in [0.1, 0.15) is 11.4 Å². The number of guanidine groups is 1. The topological polar surface area (TPSA) is 48.9 Å². The molecule has 2 aromatic rings. The number of nitrogens with zero attached hydrogens (tertiary/aromatic N) is 2. The lowest BCUT2D eigenvalue weighted by Crippen LogP contribution is -2.45. The molecule has 0 saturated carbocycles. The van der Waals surface area contributed by atoms with Gasteiger partial charge in [0.25, 0.3) is 0 Å². The summed E-state index contributed by atoms with van der Waals surface area (Å²) in [5, 5.41) is 7.04. The molecule has 1 unspecified atom stereocenters. The molecule has 0 aromatic heterocycles. The number of aliphatic imine (C=N–C) groups is 1. The molecule has 29 heavy (non-hydrogen) atoms. The number of anilines is 1. The van der Waals surface area contributed by atoms with E-state index in [0.29, 0.717) is 0 Å². The van der Waals surface area contributed by atoms with Gasteiger partial charge in [-0.2, -0.15) is 0 Å². The number of fused-ring (bicyclic) bond motifs is 1. The molecule has 0 bridgehead atoms. The quantitative estimate of drug-likeness (QED) is 0.470. The molecule has 5 nitrogen and oxygen atoms in total. The molecule has 4 rings (SSSR count). The summed E-state index contributed by atoms with van der Waals surface area (Å²) in [5.74, 6) is 1.75. The van der Waals surface area contributed by atoms with Crippen molar-refractivity contribution in [3.8, 4) is 5.75 Å². The molecule has 2 aromatic carbocycles. The average Bonchev–Trinajstić information content (AvgIpc) is 3.25. The van der Waals surface area contributed by atoms with Crippen LogP contribution in [0.3, 0.4) is 0 Å². The van der Waals surface area contributed by atoms with E-state index >= 15 is 0 Å². The molecule has 0 amide bonds. The van der Waals surface area contributed by atoms with Gasteiger partial charge >= 0.3 is 0 Å². The Morgan fingerprint density at radius 2 is 1.83 bits per heavy atom. The Labute approximate surface area is 173 Å². The highest BCUT2D eigenvalue weighted by molar-refractivity contribution is 5.80. The first-order chi connectivity index (χ1) is 14.0. The molecule has 1 atom stereocenters. The van der Waals surface area contributed by atoms with Gasteiger partial charge < -0.3 is 20.3 Å². The predicted molar refractivity (Wildman–Crippen MR) is 120 cm³/mol. The molecule has 0 saturated heterocycles. The van der Waals surface area contributed by atoms with Crippen molar-refractivity contribution >= 4 is 11.6 Å². The highest BCUT2D eigenvalue weighted by Gasteiger charge is 2.33. The van der Waals surface area contributed by atoms with Crippen molar-refractivity contribution in [1.29, 1.82) is 0 Å². The Balaban J connectivity index is 1.39. The predicted octanol–water partition coefficient (Wildman–Crippen LogP) is 4.03. The van der Waals surface area contributed by atoms with Crippen LogP contribution in [0.4, 0.5) is 5.69 Å². The standard InChI is InChI=1S/C24H30N4O/c1-24(2)16-21(20-8-4-5-9-22(20)29-24)27-23(25-3)26-17-18-10-12-19(13-11-18)28-14-6-7-15-28/h4-13,21H,14-17H2,1-3H3,(H2,25,26,27). The van der Waals surface area contributed by atoms with Crippen LogP contribution in [-0.4, -0.2) is 31.7 Å². The first-order valence-corrected chi connectivity index (χ1v) is 10.3. The van der Waals surface area contributed by atoms with E-state index < -0.39 is 0 Å². The SMILES string of the molecule is CN=C(NCc1ccc(N2CC=CC2)cc1)NC1CC(C)(C)Oc2ccccc21. The summed E-state index contributed by atoms with van der Waals surface area (Å²) < 4.78 is 6.14. The number of hydrogen-bond donors (Lipinski definition) is 2. The lowest BCUT2D eigenvalue weighted by Gasteiger charge is -2.38. The summed E-state index contributed by atoms with van der Waals surface area (Å²) in [6, 6.07) is 17.2. The van der Waals surface area contributed by atoms with Crippen molar-refractivity contribution < 1.29 is 4.74 Å². The van der Waals surface area contributed by atoms with Gasteiger partial charge in [-0.05, 0) is 37.6 Å². The normalized spacial score (nSPS) is 20.2. The Kier molecular flexibility index (Phi) is 5.47. The summed E-state index contributed by atoms with van der Waals surface area (Å²) in [4.78, 5) is 6.78. The smallest absolute Gasteiger partial charge is 0.191 e. The molecule has 152 valence electrons. The van der Waals surface area contributed by atoms with Crippen LogP contribution < -0.4 is 20.3 Å². The zero-order valence-corrected chi connectivity index (χ0v) is 17.5. The second-order valence-electron chi connectivity index (χ2n) is 8.27. The van der Waals surface area contributed by atoms with E-state index in [9.17, 15) is 0 Å². The van der Waals surface area contributed by atoms with Crippen LogP contribution >= 0.6 is 0 Å².